The third-order valence-electron chi connectivity index (χ3n) is 4.49. The van der Waals surface area contributed by atoms with Crippen molar-refractivity contribution in [1.82, 2.24) is 4.90 Å². The summed E-state index contributed by atoms with van der Waals surface area (Å²) >= 11 is 1.71. The predicted molar refractivity (Wildman–Crippen MR) is 106 cm³/mol. The second-order valence-electron chi connectivity index (χ2n) is 6.26. The maximum absolute atomic E-state index is 12.9. The zero-order valence-corrected chi connectivity index (χ0v) is 16.0. The fourth-order valence-corrected chi connectivity index (χ4v) is 5.35. The molecule has 0 aliphatic carbocycles. The first-order chi connectivity index (χ1) is 13.1. The van der Waals surface area contributed by atoms with Crippen LogP contribution in [0.15, 0.2) is 69.8 Å². The lowest BCUT2D eigenvalue weighted by Gasteiger charge is -2.20. The van der Waals surface area contributed by atoms with Crippen LogP contribution in [-0.4, -0.2) is 19.9 Å². The number of fused-ring (bicyclic) bond motifs is 1. The van der Waals surface area contributed by atoms with E-state index in [1.54, 1.807) is 35.6 Å². The van der Waals surface area contributed by atoms with Gasteiger partial charge in [0.1, 0.15) is 6.07 Å². The maximum atomic E-state index is 12.9. The zero-order chi connectivity index (χ0) is 18.9. The molecule has 0 fully saturated rings. The second-order valence-corrected chi connectivity index (χ2v) is 9.12. The van der Waals surface area contributed by atoms with Crippen LogP contribution in [0.3, 0.4) is 0 Å². The van der Waals surface area contributed by atoms with E-state index in [9.17, 15) is 13.7 Å². The zero-order valence-electron chi connectivity index (χ0n) is 14.4. The average molecular weight is 393 g/mol. The predicted octanol–water partition coefficient (Wildman–Crippen LogP) is 2.49. The highest BCUT2D eigenvalue weighted by Gasteiger charge is 2.21. The first kappa shape index (κ1) is 17.5. The number of sulfone groups is 1. The molecule has 0 amide bonds. The number of nitriles is 1. The van der Waals surface area contributed by atoms with Crippen molar-refractivity contribution in [3.8, 4) is 6.07 Å². The summed E-state index contributed by atoms with van der Waals surface area (Å²) in [5.41, 5.74) is 1.19. The van der Waals surface area contributed by atoms with Crippen LogP contribution in [-0.2, 0) is 16.4 Å². The Hall–Kier alpha value is -2.88. The number of nitrogens with zero attached hydrogens (tertiary/aromatic N) is 2. The Morgan fingerprint density at radius 3 is 2.63 bits per heavy atom. The summed E-state index contributed by atoms with van der Waals surface area (Å²) in [6, 6.07) is 17.2. The largest absolute Gasteiger partial charge is 0.368 e. The van der Waals surface area contributed by atoms with E-state index in [0.29, 0.717) is 6.54 Å². The van der Waals surface area contributed by atoms with Gasteiger partial charge in [-0.1, -0.05) is 30.3 Å². The number of thiophene rings is 1. The third kappa shape index (κ3) is 3.39. The Balaban J connectivity index is 1.58. The van der Waals surface area contributed by atoms with E-state index < -0.39 is 9.84 Å². The average Bonchev–Trinajstić information content (AvgIpc) is 3.16. The van der Waals surface area contributed by atoms with Crippen LogP contribution < -0.4 is 9.75 Å². The fourth-order valence-electron chi connectivity index (χ4n) is 3.08. The third-order valence-corrected chi connectivity index (χ3v) is 7.18. The minimum Gasteiger partial charge on any atom is -0.368 e. The molecular weight excluding hydrogens is 376 g/mol. The smallest absolute Gasteiger partial charge is 0.207 e. The van der Waals surface area contributed by atoms with E-state index in [1.807, 2.05) is 18.2 Å². The van der Waals surface area contributed by atoms with Gasteiger partial charge in [-0.3, -0.25) is 0 Å². The molecule has 1 aromatic heterocycles. The number of hydrogen-bond donors (Lipinski definition) is 0. The molecule has 2 aromatic carbocycles. The van der Waals surface area contributed by atoms with Crippen molar-refractivity contribution in [2.75, 3.05) is 6.54 Å². The summed E-state index contributed by atoms with van der Waals surface area (Å²) in [4.78, 5) is 2.45. The monoisotopic (exact) mass is 392 g/mol. The van der Waals surface area contributed by atoms with Gasteiger partial charge < -0.3 is 4.90 Å². The van der Waals surface area contributed by atoms with Gasteiger partial charge in [-0.25, -0.2) is 8.42 Å². The first-order valence-electron chi connectivity index (χ1n) is 8.41. The van der Waals surface area contributed by atoms with Crippen molar-refractivity contribution in [1.29, 1.82) is 5.26 Å². The second kappa shape index (κ2) is 7.03. The Morgan fingerprint density at radius 2 is 1.85 bits per heavy atom. The molecule has 0 saturated carbocycles. The normalized spacial score (nSPS) is 13.2. The topological polar surface area (TPSA) is 61.2 Å². The van der Waals surface area contributed by atoms with Crippen LogP contribution in [0, 0.1) is 11.3 Å². The van der Waals surface area contributed by atoms with E-state index in [1.165, 1.54) is 21.9 Å². The molecule has 4 rings (SSSR count). The van der Waals surface area contributed by atoms with E-state index in [2.05, 4.69) is 28.6 Å². The minimum atomic E-state index is -3.71. The molecule has 0 spiro atoms. The summed E-state index contributed by atoms with van der Waals surface area (Å²) in [5, 5.41) is 12.5. The Bertz CT molecular complexity index is 1250. The van der Waals surface area contributed by atoms with Crippen molar-refractivity contribution < 1.29 is 8.42 Å². The van der Waals surface area contributed by atoms with E-state index >= 15 is 0 Å². The van der Waals surface area contributed by atoms with E-state index in [-0.39, 0.29) is 15.4 Å². The van der Waals surface area contributed by atoms with Gasteiger partial charge in [0.15, 0.2) is 0 Å². The SMILES string of the molecule is N#Cc1ccccc1S(=O)(=O)c1ccc(CN2C=c3sccc3=CC2)cc1. The first-order valence-corrected chi connectivity index (χ1v) is 10.8. The van der Waals surface area contributed by atoms with Gasteiger partial charge in [0.2, 0.25) is 9.84 Å². The highest BCUT2D eigenvalue weighted by molar-refractivity contribution is 7.91. The quantitative estimate of drug-likeness (QED) is 0.684. The molecule has 0 bridgehead atoms. The molecule has 0 N–H and O–H groups in total. The summed E-state index contributed by atoms with van der Waals surface area (Å²) in [6.45, 7) is 1.54. The standard InChI is InChI=1S/C21H16N2O2S2/c22-13-18-3-1-2-4-21(18)27(24,25)19-7-5-16(6-8-19)14-23-11-9-17-10-12-26-20(17)15-23/h1-10,12,15H,11,14H2. The Kier molecular flexibility index (Phi) is 4.56. The molecule has 3 aromatic rings. The van der Waals surface area contributed by atoms with Crippen LogP contribution in [0.5, 0.6) is 0 Å². The Morgan fingerprint density at radius 1 is 1.07 bits per heavy atom. The van der Waals surface area contributed by atoms with Crippen LogP contribution in [0.2, 0.25) is 0 Å². The van der Waals surface area contributed by atoms with Gasteiger partial charge >= 0.3 is 0 Å². The molecule has 0 unspecified atom stereocenters. The van der Waals surface area contributed by atoms with Gasteiger partial charge in [0.05, 0.1) is 15.4 Å². The van der Waals surface area contributed by atoms with Gasteiger partial charge in [0.25, 0.3) is 0 Å². The van der Waals surface area contributed by atoms with Crippen LogP contribution in [0.4, 0.5) is 0 Å². The molecule has 27 heavy (non-hydrogen) atoms. The highest BCUT2D eigenvalue weighted by Crippen LogP contribution is 2.24. The molecule has 0 atom stereocenters. The number of benzene rings is 2. The number of rotatable bonds is 4. The maximum Gasteiger partial charge on any atom is 0.207 e. The van der Waals surface area contributed by atoms with Gasteiger partial charge in [-0.15, -0.1) is 11.3 Å². The lowest BCUT2D eigenvalue weighted by molar-refractivity contribution is 0.455. The number of hydrogen-bond acceptors (Lipinski definition) is 5. The van der Waals surface area contributed by atoms with Crippen LogP contribution in [0.1, 0.15) is 11.1 Å². The van der Waals surface area contributed by atoms with Crippen molar-refractivity contribution in [2.45, 2.75) is 16.3 Å². The lowest BCUT2D eigenvalue weighted by Crippen LogP contribution is -2.31. The molecule has 0 saturated heterocycles. The van der Waals surface area contributed by atoms with Gasteiger partial charge in [0, 0.05) is 23.8 Å². The fraction of sp³-hybridized carbons (Fsp3) is 0.0952. The summed E-state index contributed by atoms with van der Waals surface area (Å²) < 4.78 is 26.9. The molecule has 0 radical (unpaired) electrons. The van der Waals surface area contributed by atoms with Gasteiger partial charge in [-0.2, -0.15) is 5.26 Å². The van der Waals surface area contributed by atoms with E-state index in [0.717, 1.165) is 12.1 Å². The van der Waals surface area contributed by atoms with Crippen molar-refractivity contribution in [3.63, 3.8) is 0 Å². The molecule has 1 aliphatic heterocycles. The summed E-state index contributed by atoms with van der Waals surface area (Å²) in [5.74, 6) is 0. The van der Waals surface area contributed by atoms with Crippen LogP contribution >= 0.6 is 11.3 Å². The molecule has 1 aliphatic rings. The van der Waals surface area contributed by atoms with Crippen LogP contribution in [0.25, 0.3) is 12.3 Å². The molecule has 6 heteroatoms. The molecule has 2 heterocycles. The molecule has 134 valence electrons. The minimum absolute atomic E-state index is 0.0458. The molecule has 4 nitrogen and oxygen atoms in total. The van der Waals surface area contributed by atoms with Crippen molar-refractivity contribution >= 4 is 33.5 Å². The van der Waals surface area contributed by atoms with Crippen molar-refractivity contribution in [3.05, 3.63) is 80.9 Å². The lowest BCUT2D eigenvalue weighted by atomic mass is 10.2. The summed E-state index contributed by atoms with van der Waals surface area (Å²) in [7, 11) is -3.71. The highest BCUT2D eigenvalue weighted by atomic mass is 32.2. The van der Waals surface area contributed by atoms with Gasteiger partial charge in [-0.05, 0) is 46.5 Å². The van der Waals surface area contributed by atoms with Crippen molar-refractivity contribution in [2.24, 2.45) is 0 Å². The Labute approximate surface area is 161 Å². The van der Waals surface area contributed by atoms with E-state index in [4.69, 9.17) is 0 Å². The molecular formula is C21H16N2O2S2. The summed E-state index contributed by atoms with van der Waals surface area (Å²) in [6.07, 6.45) is 4.34.